The van der Waals surface area contributed by atoms with Crippen LogP contribution in [0.1, 0.15) is 29.7 Å². The molecule has 23 heavy (non-hydrogen) atoms. The third kappa shape index (κ3) is 2.89. The quantitative estimate of drug-likeness (QED) is 0.765. The van der Waals surface area contributed by atoms with E-state index in [0.29, 0.717) is 11.1 Å². The summed E-state index contributed by atoms with van der Waals surface area (Å²) in [6.45, 7) is 3.13. The number of ether oxygens (including phenoxy) is 1. The van der Waals surface area contributed by atoms with E-state index in [2.05, 4.69) is 0 Å². The summed E-state index contributed by atoms with van der Waals surface area (Å²) in [5.41, 5.74) is 1.82. The lowest BCUT2D eigenvalue weighted by Gasteiger charge is -2.15. The van der Waals surface area contributed by atoms with Crippen LogP contribution in [0, 0.1) is 6.92 Å². The number of hydrogen-bond donors (Lipinski definition) is 0. The summed E-state index contributed by atoms with van der Waals surface area (Å²) >= 11 is 0. The van der Waals surface area contributed by atoms with Gasteiger partial charge in [0.1, 0.15) is 0 Å². The zero-order chi connectivity index (χ0) is 16.6. The number of hydrogen-bond acceptors (Lipinski definition) is 2. The fourth-order valence-electron chi connectivity index (χ4n) is 2.69. The van der Waals surface area contributed by atoms with Crippen LogP contribution in [0.4, 0.5) is 8.78 Å². The van der Waals surface area contributed by atoms with Gasteiger partial charge in [-0.15, -0.1) is 0 Å². The van der Waals surface area contributed by atoms with Gasteiger partial charge < -0.3 is 4.74 Å². The SMILES string of the molecule is CC(=O)OC(C1=C(c2ccccc2)C1(F)F)c1ccc(C)cc1. The summed E-state index contributed by atoms with van der Waals surface area (Å²) in [7, 11) is 0. The van der Waals surface area contributed by atoms with Gasteiger partial charge in [0.05, 0.1) is 5.57 Å². The van der Waals surface area contributed by atoms with Crippen molar-refractivity contribution in [2.75, 3.05) is 0 Å². The minimum absolute atomic E-state index is 0.0510. The molecular weight excluding hydrogens is 298 g/mol. The van der Waals surface area contributed by atoms with Gasteiger partial charge in [0.2, 0.25) is 0 Å². The second kappa shape index (κ2) is 5.61. The Hall–Kier alpha value is -2.49. The van der Waals surface area contributed by atoms with Gasteiger partial charge in [0.15, 0.2) is 6.10 Å². The molecule has 0 aliphatic heterocycles. The van der Waals surface area contributed by atoms with Crippen LogP contribution in [-0.2, 0) is 9.53 Å². The first-order chi connectivity index (χ1) is 10.9. The summed E-state index contributed by atoms with van der Waals surface area (Å²) in [6, 6.07) is 15.5. The van der Waals surface area contributed by atoms with E-state index < -0.39 is 18.0 Å². The van der Waals surface area contributed by atoms with Crippen molar-refractivity contribution < 1.29 is 18.3 Å². The highest BCUT2D eigenvalue weighted by Gasteiger charge is 2.60. The molecule has 0 bridgehead atoms. The summed E-state index contributed by atoms with van der Waals surface area (Å²) in [6.07, 6.45) is -1.06. The molecule has 0 N–H and O–H groups in total. The highest BCUT2D eigenvalue weighted by molar-refractivity contribution is 5.92. The number of benzene rings is 2. The summed E-state index contributed by atoms with van der Waals surface area (Å²) < 4.78 is 33.9. The van der Waals surface area contributed by atoms with Crippen molar-refractivity contribution in [3.8, 4) is 0 Å². The molecule has 4 heteroatoms. The summed E-state index contributed by atoms with van der Waals surface area (Å²) in [4.78, 5) is 11.4. The van der Waals surface area contributed by atoms with E-state index in [-0.39, 0.29) is 11.1 Å². The average molecular weight is 314 g/mol. The smallest absolute Gasteiger partial charge is 0.303 e. The van der Waals surface area contributed by atoms with Gasteiger partial charge in [-0.3, -0.25) is 4.79 Å². The minimum Gasteiger partial charge on any atom is -0.453 e. The fourth-order valence-corrected chi connectivity index (χ4v) is 2.69. The standard InChI is InChI=1S/C19H16F2O2/c1-12-8-10-15(11-9-12)18(23-13(2)22)17-16(19(17,20)21)14-6-4-3-5-7-14/h3-11,18H,1-2H3. The molecule has 1 atom stereocenters. The number of carbonyl (C=O) groups excluding carboxylic acids is 1. The van der Waals surface area contributed by atoms with Crippen LogP contribution < -0.4 is 0 Å². The molecule has 0 amide bonds. The number of esters is 1. The fraction of sp³-hybridized carbons (Fsp3) is 0.211. The molecule has 1 unspecified atom stereocenters. The number of aryl methyl sites for hydroxylation is 1. The van der Waals surface area contributed by atoms with Gasteiger partial charge in [-0.05, 0) is 18.1 Å². The van der Waals surface area contributed by atoms with Crippen LogP contribution in [0.25, 0.3) is 5.57 Å². The third-order valence-electron chi connectivity index (χ3n) is 3.85. The van der Waals surface area contributed by atoms with E-state index in [9.17, 15) is 13.6 Å². The molecule has 0 heterocycles. The predicted octanol–water partition coefficient (Wildman–Crippen LogP) is 4.70. The maximum atomic E-state index is 14.3. The lowest BCUT2D eigenvalue weighted by molar-refractivity contribution is -0.145. The van der Waals surface area contributed by atoms with Crippen LogP contribution in [0.5, 0.6) is 0 Å². The Labute approximate surface area is 133 Å². The lowest BCUT2D eigenvalue weighted by atomic mass is 10.0. The Bertz CT molecular complexity index is 762. The van der Waals surface area contributed by atoms with E-state index in [1.165, 1.54) is 6.92 Å². The average Bonchev–Trinajstić information content (AvgIpc) is 3.09. The van der Waals surface area contributed by atoms with Crippen molar-refractivity contribution in [1.29, 1.82) is 0 Å². The maximum Gasteiger partial charge on any atom is 0.303 e. The Kier molecular flexibility index (Phi) is 3.76. The van der Waals surface area contributed by atoms with Crippen LogP contribution in [0.2, 0.25) is 0 Å². The molecule has 0 fully saturated rings. The molecule has 0 saturated carbocycles. The highest BCUT2D eigenvalue weighted by Crippen LogP contribution is 2.60. The first-order valence-electron chi connectivity index (χ1n) is 7.33. The van der Waals surface area contributed by atoms with Crippen LogP contribution >= 0.6 is 0 Å². The second-order valence-corrected chi connectivity index (χ2v) is 5.63. The van der Waals surface area contributed by atoms with Gasteiger partial charge in [-0.1, -0.05) is 60.2 Å². The zero-order valence-electron chi connectivity index (χ0n) is 12.8. The van der Waals surface area contributed by atoms with Gasteiger partial charge in [-0.25, -0.2) is 0 Å². The molecule has 2 nitrogen and oxygen atoms in total. The van der Waals surface area contributed by atoms with E-state index in [1.807, 2.05) is 19.1 Å². The zero-order valence-corrected chi connectivity index (χ0v) is 12.8. The molecule has 2 aromatic rings. The number of alkyl halides is 2. The Morgan fingerprint density at radius 1 is 1.04 bits per heavy atom. The molecule has 0 aromatic heterocycles. The van der Waals surface area contributed by atoms with Crippen molar-refractivity contribution in [3.05, 3.63) is 76.9 Å². The Balaban J connectivity index is 2.04. The Morgan fingerprint density at radius 2 is 1.65 bits per heavy atom. The first kappa shape index (κ1) is 15.4. The number of halogens is 2. The minimum atomic E-state index is -3.05. The highest BCUT2D eigenvalue weighted by atomic mass is 19.3. The van der Waals surface area contributed by atoms with Crippen molar-refractivity contribution in [2.24, 2.45) is 0 Å². The third-order valence-corrected chi connectivity index (χ3v) is 3.85. The van der Waals surface area contributed by atoms with E-state index in [1.54, 1.807) is 42.5 Å². The summed E-state index contributed by atoms with van der Waals surface area (Å²) in [5.74, 6) is -3.63. The molecule has 3 rings (SSSR count). The molecule has 1 aliphatic rings. The van der Waals surface area contributed by atoms with Gasteiger partial charge >= 0.3 is 5.97 Å². The molecule has 118 valence electrons. The van der Waals surface area contributed by atoms with Crippen LogP contribution in [0.15, 0.2) is 60.2 Å². The molecular formula is C19H16F2O2. The van der Waals surface area contributed by atoms with Crippen LogP contribution in [0.3, 0.4) is 0 Å². The molecule has 0 radical (unpaired) electrons. The molecule has 1 aliphatic carbocycles. The number of allylic oxidation sites excluding steroid dienone is 1. The van der Waals surface area contributed by atoms with Gasteiger partial charge in [0, 0.05) is 12.5 Å². The molecule has 0 saturated heterocycles. The maximum absolute atomic E-state index is 14.3. The predicted molar refractivity (Wildman–Crippen MR) is 84.0 cm³/mol. The Morgan fingerprint density at radius 3 is 2.22 bits per heavy atom. The topological polar surface area (TPSA) is 26.3 Å². The van der Waals surface area contributed by atoms with Crippen molar-refractivity contribution in [1.82, 2.24) is 0 Å². The number of carbonyl (C=O) groups is 1. The van der Waals surface area contributed by atoms with Crippen molar-refractivity contribution >= 4 is 11.5 Å². The second-order valence-electron chi connectivity index (χ2n) is 5.63. The molecule has 2 aromatic carbocycles. The molecule has 0 spiro atoms. The van der Waals surface area contributed by atoms with E-state index >= 15 is 0 Å². The van der Waals surface area contributed by atoms with Gasteiger partial charge in [0.25, 0.3) is 5.92 Å². The van der Waals surface area contributed by atoms with Crippen LogP contribution in [-0.4, -0.2) is 11.9 Å². The first-order valence-corrected chi connectivity index (χ1v) is 7.33. The summed E-state index contributed by atoms with van der Waals surface area (Å²) in [5, 5.41) is 0. The number of rotatable bonds is 4. The normalized spacial score (nSPS) is 16.9. The van der Waals surface area contributed by atoms with E-state index in [0.717, 1.165) is 5.56 Å². The van der Waals surface area contributed by atoms with Crippen molar-refractivity contribution in [3.63, 3.8) is 0 Å². The lowest BCUT2D eigenvalue weighted by Crippen LogP contribution is -2.12. The van der Waals surface area contributed by atoms with Gasteiger partial charge in [-0.2, -0.15) is 8.78 Å². The van der Waals surface area contributed by atoms with Crippen molar-refractivity contribution in [2.45, 2.75) is 25.9 Å². The monoisotopic (exact) mass is 314 g/mol. The van der Waals surface area contributed by atoms with E-state index in [4.69, 9.17) is 4.74 Å². The largest absolute Gasteiger partial charge is 0.453 e.